The highest BCUT2D eigenvalue weighted by atomic mass is 16.6. The van der Waals surface area contributed by atoms with Gasteiger partial charge in [-0.25, -0.2) is 0 Å². The van der Waals surface area contributed by atoms with Crippen molar-refractivity contribution >= 4 is 0 Å². The molecule has 3 aliphatic rings. The second-order valence-corrected chi connectivity index (χ2v) is 6.66. The molecule has 0 aromatic rings. The van der Waals surface area contributed by atoms with E-state index in [-0.39, 0.29) is 26.4 Å². The van der Waals surface area contributed by atoms with Gasteiger partial charge in [-0.3, -0.25) is 0 Å². The number of ether oxygens (including phenoxy) is 4. The van der Waals surface area contributed by atoms with Crippen molar-refractivity contribution in [1.29, 1.82) is 0 Å². The summed E-state index contributed by atoms with van der Waals surface area (Å²) in [6, 6.07) is 0. The van der Waals surface area contributed by atoms with Crippen molar-refractivity contribution in [1.82, 2.24) is 0 Å². The molecule has 3 fully saturated rings. The van der Waals surface area contributed by atoms with Crippen LogP contribution in [0.3, 0.4) is 0 Å². The van der Waals surface area contributed by atoms with E-state index in [0.29, 0.717) is 0 Å². The quantitative estimate of drug-likeness (QED) is 0.287. The molecule has 140 valence electrons. The Bertz CT molecular complexity index is 397. The predicted octanol–water partition coefficient (Wildman–Crippen LogP) is -4.26. The van der Waals surface area contributed by atoms with Gasteiger partial charge in [0.2, 0.25) is 0 Å². The van der Waals surface area contributed by atoms with E-state index in [1.807, 2.05) is 0 Å². The van der Waals surface area contributed by atoms with Crippen LogP contribution in [-0.4, -0.2) is 118 Å². The van der Waals surface area contributed by atoms with Gasteiger partial charge in [0.05, 0.1) is 39.6 Å². The van der Waals surface area contributed by atoms with Crippen LogP contribution in [0.4, 0.5) is 0 Å². The zero-order valence-electron chi connectivity index (χ0n) is 13.0. The highest BCUT2D eigenvalue weighted by Crippen LogP contribution is 2.37. The first-order valence-electron chi connectivity index (χ1n) is 7.84. The first-order chi connectivity index (χ1) is 11.4. The standard InChI is InChI=1S/C14H24O10/c15-1-7-9(17)11(19)13(23-7)3-21-5-14(6-22-4-13)12(20)10(18)8(2-16)24-14/h7-12,15-20H,1-6H2. The molecule has 2 spiro atoms. The fourth-order valence-corrected chi connectivity index (χ4v) is 3.56. The Morgan fingerprint density at radius 3 is 1.25 bits per heavy atom. The molecule has 0 aliphatic carbocycles. The van der Waals surface area contributed by atoms with Crippen LogP contribution >= 0.6 is 0 Å². The highest BCUT2D eigenvalue weighted by molar-refractivity contribution is 5.06. The van der Waals surface area contributed by atoms with Gasteiger partial charge in [0.15, 0.2) is 0 Å². The lowest BCUT2D eigenvalue weighted by Gasteiger charge is -2.39. The first-order valence-corrected chi connectivity index (χ1v) is 7.84. The average molecular weight is 352 g/mol. The number of aliphatic hydroxyl groups excluding tert-OH is 6. The molecular formula is C14H24O10. The Labute approximate surface area is 138 Å². The minimum absolute atomic E-state index is 0.167. The highest BCUT2D eigenvalue weighted by Gasteiger charge is 2.59. The molecule has 3 saturated heterocycles. The van der Waals surface area contributed by atoms with Crippen LogP contribution in [-0.2, 0) is 18.9 Å². The van der Waals surface area contributed by atoms with E-state index in [9.17, 15) is 30.6 Å². The predicted molar refractivity (Wildman–Crippen MR) is 75.0 cm³/mol. The van der Waals surface area contributed by atoms with Crippen molar-refractivity contribution in [2.75, 3.05) is 39.6 Å². The maximum absolute atomic E-state index is 10.2. The molecule has 10 nitrogen and oxygen atoms in total. The lowest BCUT2D eigenvalue weighted by molar-refractivity contribution is -0.230. The maximum Gasteiger partial charge on any atom is 0.143 e. The molecular weight excluding hydrogens is 328 g/mol. The van der Waals surface area contributed by atoms with E-state index >= 15 is 0 Å². The Morgan fingerprint density at radius 1 is 0.667 bits per heavy atom. The molecule has 6 unspecified atom stereocenters. The van der Waals surface area contributed by atoms with E-state index in [1.165, 1.54) is 0 Å². The van der Waals surface area contributed by atoms with Crippen LogP contribution in [0.5, 0.6) is 0 Å². The summed E-state index contributed by atoms with van der Waals surface area (Å²) in [7, 11) is 0. The monoisotopic (exact) mass is 352 g/mol. The van der Waals surface area contributed by atoms with E-state index in [4.69, 9.17) is 18.9 Å². The molecule has 0 radical (unpaired) electrons. The molecule has 3 aliphatic heterocycles. The van der Waals surface area contributed by atoms with Gasteiger partial charge < -0.3 is 49.6 Å². The average Bonchev–Trinajstić information content (AvgIpc) is 2.94. The number of hydrogen-bond donors (Lipinski definition) is 6. The molecule has 24 heavy (non-hydrogen) atoms. The molecule has 0 bridgehead atoms. The third kappa shape index (κ3) is 2.76. The Morgan fingerprint density at radius 2 is 1.00 bits per heavy atom. The summed E-state index contributed by atoms with van der Waals surface area (Å²) in [4.78, 5) is 0. The van der Waals surface area contributed by atoms with Gasteiger partial charge in [0.1, 0.15) is 47.8 Å². The largest absolute Gasteiger partial charge is 0.394 e. The van der Waals surface area contributed by atoms with Crippen molar-refractivity contribution in [3.8, 4) is 0 Å². The van der Waals surface area contributed by atoms with Gasteiger partial charge in [-0.2, -0.15) is 0 Å². The summed E-state index contributed by atoms with van der Waals surface area (Å²) in [5, 5.41) is 58.7. The van der Waals surface area contributed by atoms with E-state index in [2.05, 4.69) is 0 Å². The van der Waals surface area contributed by atoms with Gasteiger partial charge in [0.25, 0.3) is 0 Å². The van der Waals surface area contributed by atoms with Gasteiger partial charge in [-0.05, 0) is 0 Å². The zero-order valence-corrected chi connectivity index (χ0v) is 13.0. The third-order valence-electron chi connectivity index (χ3n) is 5.00. The topological polar surface area (TPSA) is 158 Å². The molecule has 0 saturated carbocycles. The molecule has 3 heterocycles. The van der Waals surface area contributed by atoms with Crippen molar-refractivity contribution in [3.05, 3.63) is 0 Å². The number of rotatable bonds is 2. The Balaban J connectivity index is 1.71. The zero-order chi connectivity index (χ0) is 17.5. The molecule has 6 N–H and O–H groups in total. The molecule has 0 aromatic carbocycles. The first kappa shape index (κ1) is 18.4. The summed E-state index contributed by atoms with van der Waals surface area (Å²) in [5.41, 5.74) is -2.68. The molecule has 6 atom stereocenters. The van der Waals surface area contributed by atoms with E-state index < -0.39 is 61.0 Å². The van der Waals surface area contributed by atoms with E-state index in [1.54, 1.807) is 0 Å². The van der Waals surface area contributed by atoms with Crippen molar-refractivity contribution in [2.24, 2.45) is 0 Å². The fraction of sp³-hybridized carbons (Fsp3) is 1.00. The number of hydrogen-bond acceptors (Lipinski definition) is 10. The summed E-state index contributed by atoms with van der Waals surface area (Å²) in [6.45, 7) is -1.59. The van der Waals surface area contributed by atoms with Crippen LogP contribution in [0.15, 0.2) is 0 Å². The SMILES string of the molecule is OCC1OC2(COCC3(COC2)OC(CO)C(O)C3O)C(O)C1O. The van der Waals surface area contributed by atoms with Crippen LogP contribution in [0.2, 0.25) is 0 Å². The van der Waals surface area contributed by atoms with Crippen molar-refractivity contribution in [3.63, 3.8) is 0 Å². The fourth-order valence-electron chi connectivity index (χ4n) is 3.56. The second-order valence-electron chi connectivity index (χ2n) is 6.66. The van der Waals surface area contributed by atoms with Crippen LogP contribution < -0.4 is 0 Å². The molecule has 0 amide bonds. The van der Waals surface area contributed by atoms with Crippen LogP contribution in [0.25, 0.3) is 0 Å². The minimum Gasteiger partial charge on any atom is -0.394 e. The van der Waals surface area contributed by atoms with Crippen molar-refractivity contribution < 1.29 is 49.6 Å². The molecule has 3 rings (SSSR count). The van der Waals surface area contributed by atoms with Gasteiger partial charge in [-0.1, -0.05) is 0 Å². The maximum atomic E-state index is 10.2. The second kappa shape index (κ2) is 6.72. The summed E-state index contributed by atoms with van der Waals surface area (Å²) in [5.74, 6) is 0. The summed E-state index contributed by atoms with van der Waals surface area (Å²) < 4.78 is 22.2. The van der Waals surface area contributed by atoms with Crippen molar-refractivity contribution in [2.45, 2.75) is 47.8 Å². The normalized spacial score (nSPS) is 52.8. The lowest BCUT2D eigenvalue weighted by atomic mass is 9.93. The Hall–Kier alpha value is -0.400. The third-order valence-corrected chi connectivity index (χ3v) is 5.00. The summed E-state index contributed by atoms with van der Waals surface area (Å²) in [6.07, 6.45) is -7.07. The van der Waals surface area contributed by atoms with Crippen LogP contribution in [0, 0.1) is 0 Å². The Kier molecular flexibility index (Phi) is 5.15. The molecule has 10 heteroatoms. The minimum atomic E-state index is -1.34. The summed E-state index contributed by atoms with van der Waals surface area (Å²) >= 11 is 0. The van der Waals surface area contributed by atoms with Gasteiger partial charge in [-0.15, -0.1) is 0 Å². The molecule has 0 aromatic heterocycles. The van der Waals surface area contributed by atoms with Gasteiger partial charge >= 0.3 is 0 Å². The smallest absolute Gasteiger partial charge is 0.143 e. The van der Waals surface area contributed by atoms with Gasteiger partial charge in [0, 0.05) is 0 Å². The van der Waals surface area contributed by atoms with E-state index in [0.717, 1.165) is 0 Å². The lowest BCUT2D eigenvalue weighted by Crippen LogP contribution is -2.58. The number of aliphatic hydroxyl groups is 6. The van der Waals surface area contributed by atoms with Crippen LogP contribution in [0.1, 0.15) is 0 Å².